The molecule has 0 atom stereocenters. The van der Waals surface area contributed by atoms with Crippen LogP contribution in [0.5, 0.6) is 0 Å². The third kappa shape index (κ3) is 1.93. The van der Waals surface area contributed by atoms with Gasteiger partial charge in [0, 0.05) is 17.2 Å². The summed E-state index contributed by atoms with van der Waals surface area (Å²) < 4.78 is 37.5. The first-order valence-electron chi connectivity index (χ1n) is 3.63. The second kappa shape index (κ2) is 3.96. The lowest BCUT2D eigenvalue weighted by Gasteiger charge is -2.05. The average molecular weight is 202 g/mol. The van der Waals surface area contributed by atoms with Crippen LogP contribution in [0.25, 0.3) is 0 Å². The fourth-order valence-corrected chi connectivity index (χ4v) is 1.03. The Morgan fingerprint density at radius 3 is 2.71 bits per heavy atom. The van der Waals surface area contributed by atoms with Crippen LogP contribution < -0.4 is 5.56 Å². The summed E-state index contributed by atoms with van der Waals surface area (Å²) in [7, 11) is 0. The minimum atomic E-state index is -2.96. The monoisotopic (exact) mass is 202 g/mol. The Kier molecular flexibility index (Phi) is 2.92. The summed E-state index contributed by atoms with van der Waals surface area (Å²) in [5.74, 6) is -1.17. The molecule has 6 heteroatoms. The standard InChI is InChI=1S/C8H5F3N2O/c9-7(10)5-3-6(14)13-8(11)4(5)1-2-12/h3,7H,1H2,(H,13,14). The summed E-state index contributed by atoms with van der Waals surface area (Å²) in [5, 5.41) is 8.27. The normalized spacial score (nSPS) is 10.2. The number of aromatic nitrogens is 1. The van der Waals surface area contributed by atoms with E-state index >= 15 is 0 Å². The van der Waals surface area contributed by atoms with Crippen LogP contribution in [0.2, 0.25) is 0 Å². The Labute approximate surface area is 76.8 Å². The van der Waals surface area contributed by atoms with Gasteiger partial charge in [-0.15, -0.1) is 0 Å². The fraction of sp³-hybridized carbons (Fsp3) is 0.250. The van der Waals surface area contributed by atoms with E-state index in [9.17, 15) is 18.0 Å². The van der Waals surface area contributed by atoms with Crippen molar-refractivity contribution >= 4 is 0 Å². The van der Waals surface area contributed by atoms with Crippen molar-refractivity contribution in [3.63, 3.8) is 0 Å². The van der Waals surface area contributed by atoms with Crippen LogP contribution in [0, 0.1) is 17.3 Å². The number of H-pyrrole nitrogens is 1. The highest BCUT2D eigenvalue weighted by Gasteiger charge is 2.17. The molecule has 14 heavy (non-hydrogen) atoms. The lowest BCUT2D eigenvalue weighted by molar-refractivity contribution is 0.149. The largest absolute Gasteiger partial charge is 0.299 e. The van der Waals surface area contributed by atoms with E-state index in [1.54, 1.807) is 11.1 Å². The second-order valence-corrected chi connectivity index (χ2v) is 2.52. The van der Waals surface area contributed by atoms with Crippen LogP contribution in [0.1, 0.15) is 17.6 Å². The molecule has 3 nitrogen and oxygen atoms in total. The van der Waals surface area contributed by atoms with Gasteiger partial charge in [-0.05, 0) is 0 Å². The van der Waals surface area contributed by atoms with E-state index in [1.165, 1.54) is 0 Å². The van der Waals surface area contributed by atoms with Gasteiger partial charge in [-0.3, -0.25) is 9.78 Å². The quantitative estimate of drug-likeness (QED) is 0.739. The molecule has 74 valence electrons. The lowest BCUT2D eigenvalue weighted by Crippen LogP contribution is -2.13. The molecule has 0 saturated carbocycles. The minimum Gasteiger partial charge on any atom is -0.299 e. The molecule has 0 saturated heterocycles. The molecular weight excluding hydrogens is 197 g/mol. The lowest BCUT2D eigenvalue weighted by atomic mass is 10.1. The zero-order valence-electron chi connectivity index (χ0n) is 6.85. The number of nitrogens with zero attached hydrogens (tertiary/aromatic N) is 1. The van der Waals surface area contributed by atoms with Crippen molar-refractivity contribution in [1.82, 2.24) is 4.98 Å². The Morgan fingerprint density at radius 2 is 2.21 bits per heavy atom. The van der Waals surface area contributed by atoms with Gasteiger partial charge in [0.25, 0.3) is 12.0 Å². The van der Waals surface area contributed by atoms with Gasteiger partial charge in [-0.25, -0.2) is 8.78 Å². The van der Waals surface area contributed by atoms with Crippen LogP contribution in [-0.4, -0.2) is 4.98 Å². The van der Waals surface area contributed by atoms with Crippen LogP contribution >= 0.6 is 0 Å². The van der Waals surface area contributed by atoms with Crippen LogP contribution in [-0.2, 0) is 6.42 Å². The van der Waals surface area contributed by atoms with Gasteiger partial charge in [-0.1, -0.05) is 0 Å². The molecule has 1 heterocycles. The van der Waals surface area contributed by atoms with Crippen molar-refractivity contribution in [3.05, 3.63) is 33.5 Å². The molecule has 0 unspecified atom stereocenters. The van der Waals surface area contributed by atoms with Gasteiger partial charge in [0.2, 0.25) is 0 Å². The van der Waals surface area contributed by atoms with E-state index < -0.39 is 35.5 Å². The summed E-state index contributed by atoms with van der Waals surface area (Å²) in [6.07, 6.45) is -3.46. The number of hydrogen-bond donors (Lipinski definition) is 1. The molecule has 0 radical (unpaired) electrons. The predicted octanol–water partition coefficient (Wildman–Crippen LogP) is 1.52. The summed E-state index contributed by atoms with van der Waals surface area (Å²) in [6.45, 7) is 0. The number of nitrogens with one attached hydrogen (secondary N) is 1. The van der Waals surface area contributed by atoms with Crippen LogP contribution in [0.4, 0.5) is 13.2 Å². The van der Waals surface area contributed by atoms with Gasteiger partial charge >= 0.3 is 0 Å². The van der Waals surface area contributed by atoms with Gasteiger partial charge in [-0.2, -0.15) is 9.65 Å². The first kappa shape index (κ1) is 10.3. The Morgan fingerprint density at radius 1 is 1.57 bits per heavy atom. The highest BCUT2D eigenvalue weighted by Crippen LogP contribution is 2.22. The van der Waals surface area contributed by atoms with Crippen molar-refractivity contribution in [1.29, 1.82) is 5.26 Å². The number of rotatable bonds is 2. The molecular formula is C8H5F3N2O. The SMILES string of the molecule is N#CCc1c(C(F)F)cc(=O)[nH]c1F. The van der Waals surface area contributed by atoms with E-state index in [2.05, 4.69) is 0 Å². The molecule has 1 aromatic rings. The van der Waals surface area contributed by atoms with E-state index in [4.69, 9.17) is 5.26 Å². The first-order valence-corrected chi connectivity index (χ1v) is 3.63. The van der Waals surface area contributed by atoms with Crippen molar-refractivity contribution in [2.45, 2.75) is 12.8 Å². The Bertz CT molecular complexity index is 433. The maximum atomic E-state index is 12.9. The van der Waals surface area contributed by atoms with Crippen molar-refractivity contribution < 1.29 is 13.2 Å². The third-order valence-corrected chi connectivity index (χ3v) is 1.62. The van der Waals surface area contributed by atoms with E-state index in [-0.39, 0.29) is 0 Å². The van der Waals surface area contributed by atoms with E-state index in [1.807, 2.05) is 0 Å². The van der Waals surface area contributed by atoms with Crippen molar-refractivity contribution in [2.24, 2.45) is 0 Å². The molecule has 0 aromatic carbocycles. The highest BCUT2D eigenvalue weighted by atomic mass is 19.3. The van der Waals surface area contributed by atoms with Gasteiger partial charge in [0.1, 0.15) is 0 Å². The van der Waals surface area contributed by atoms with Crippen molar-refractivity contribution in [3.8, 4) is 6.07 Å². The molecule has 1 N–H and O–H groups in total. The third-order valence-electron chi connectivity index (χ3n) is 1.62. The van der Waals surface area contributed by atoms with Crippen LogP contribution in [0.15, 0.2) is 10.9 Å². The molecule has 0 aliphatic rings. The zero-order chi connectivity index (χ0) is 10.7. The molecule has 0 amide bonds. The smallest absolute Gasteiger partial charge is 0.264 e. The molecule has 0 aliphatic heterocycles. The number of nitriles is 1. The number of alkyl halides is 2. The number of hydrogen-bond acceptors (Lipinski definition) is 2. The Hall–Kier alpha value is -1.77. The number of pyridine rings is 1. The minimum absolute atomic E-state index is 0.456. The molecule has 0 spiro atoms. The summed E-state index contributed by atoms with van der Waals surface area (Å²) in [5.41, 5.74) is -2.13. The van der Waals surface area contributed by atoms with Crippen LogP contribution in [0.3, 0.4) is 0 Å². The maximum Gasteiger partial charge on any atom is 0.264 e. The van der Waals surface area contributed by atoms with E-state index in [0.717, 1.165) is 0 Å². The molecule has 1 rings (SSSR count). The molecule has 1 aromatic heterocycles. The maximum absolute atomic E-state index is 12.9. The van der Waals surface area contributed by atoms with Crippen molar-refractivity contribution in [2.75, 3.05) is 0 Å². The van der Waals surface area contributed by atoms with Gasteiger partial charge in [0.05, 0.1) is 12.5 Å². The highest BCUT2D eigenvalue weighted by molar-refractivity contribution is 5.28. The summed E-state index contributed by atoms with van der Waals surface area (Å²) in [4.78, 5) is 12.4. The summed E-state index contributed by atoms with van der Waals surface area (Å²) >= 11 is 0. The first-order chi connectivity index (χ1) is 6.56. The average Bonchev–Trinajstić information content (AvgIpc) is 2.09. The summed E-state index contributed by atoms with van der Waals surface area (Å²) in [6, 6.07) is 2.14. The Balaban J connectivity index is 3.38. The molecule has 0 aliphatic carbocycles. The fourth-order valence-electron chi connectivity index (χ4n) is 1.03. The van der Waals surface area contributed by atoms with Gasteiger partial charge < -0.3 is 0 Å². The molecule has 0 fully saturated rings. The zero-order valence-corrected chi connectivity index (χ0v) is 6.85. The number of aromatic amines is 1. The topological polar surface area (TPSA) is 56.6 Å². The number of halogens is 3. The van der Waals surface area contributed by atoms with Gasteiger partial charge in [0.15, 0.2) is 5.95 Å². The molecule has 0 bridgehead atoms. The second-order valence-electron chi connectivity index (χ2n) is 2.52. The predicted molar refractivity (Wildman–Crippen MR) is 41.3 cm³/mol. The van der Waals surface area contributed by atoms with E-state index in [0.29, 0.717) is 6.07 Å².